The van der Waals surface area contributed by atoms with Gasteiger partial charge in [0.25, 0.3) is 10.0 Å². The van der Waals surface area contributed by atoms with E-state index in [-0.39, 0.29) is 22.9 Å². The van der Waals surface area contributed by atoms with Crippen LogP contribution < -0.4 is 4.72 Å². The largest absolute Gasteiger partial charge is 0.462 e. The third kappa shape index (κ3) is 5.84. The Bertz CT molecular complexity index is 1750. The van der Waals surface area contributed by atoms with Crippen molar-refractivity contribution in [2.75, 3.05) is 11.3 Å². The number of ether oxygens (including phenoxy) is 1. The topological polar surface area (TPSA) is 103 Å². The van der Waals surface area contributed by atoms with E-state index >= 15 is 0 Å². The third-order valence-corrected chi connectivity index (χ3v) is 8.12. The number of nitrogens with one attached hydrogen (secondary N) is 1. The maximum Gasteiger partial charge on any atom is 0.344 e. The highest BCUT2D eigenvalue weighted by molar-refractivity contribution is 7.92. The number of hydrogen-bond donors (Lipinski definition) is 1. The average molecular weight is 557 g/mol. The van der Waals surface area contributed by atoms with Crippen molar-refractivity contribution in [3.8, 4) is 0 Å². The molecule has 3 aromatic carbocycles. The van der Waals surface area contributed by atoms with Gasteiger partial charge in [0.15, 0.2) is 5.65 Å². The highest BCUT2D eigenvalue weighted by atomic mass is 32.2. The molecule has 2 aromatic heterocycles. The summed E-state index contributed by atoms with van der Waals surface area (Å²) in [6, 6.07) is 23.8. The third-order valence-electron chi connectivity index (χ3n) is 6.77. The van der Waals surface area contributed by atoms with E-state index in [4.69, 9.17) is 14.7 Å². The fourth-order valence-electron chi connectivity index (χ4n) is 4.60. The zero-order valence-electron chi connectivity index (χ0n) is 22.6. The molecule has 0 amide bonds. The summed E-state index contributed by atoms with van der Waals surface area (Å²) in [4.78, 5) is 23.3. The van der Waals surface area contributed by atoms with E-state index in [1.165, 1.54) is 0 Å². The van der Waals surface area contributed by atoms with Crippen molar-refractivity contribution >= 4 is 44.0 Å². The summed E-state index contributed by atoms with van der Waals surface area (Å²) in [6.07, 6.45) is 3.20. The molecule has 1 N–H and O–H groups in total. The molecule has 0 aliphatic rings. The zero-order valence-corrected chi connectivity index (χ0v) is 23.4. The number of benzene rings is 3. The first kappa shape index (κ1) is 27.3. The molecule has 0 bridgehead atoms. The maximum atomic E-state index is 13.6. The van der Waals surface area contributed by atoms with E-state index in [1.54, 1.807) is 28.8 Å². The number of para-hydroxylation sites is 2. The molecule has 9 heteroatoms. The number of carbonyl (C=O) groups is 1. The van der Waals surface area contributed by atoms with Crippen LogP contribution in [0.2, 0.25) is 0 Å². The number of unbranched alkanes of at least 4 members (excludes halogenated alkanes) is 2. The Labute approximate surface area is 234 Å². The molecule has 5 aromatic rings. The van der Waals surface area contributed by atoms with Gasteiger partial charge in [0.05, 0.1) is 22.5 Å². The Balaban J connectivity index is 1.68. The lowest BCUT2D eigenvalue weighted by Crippen LogP contribution is -2.19. The summed E-state index contributed by atoms with van der Waals surface area (Å²) in [7, 11) is -4.05. The van der Waals surface area contributed by atoms with Gasteiger partial charge in [-0.15, -0.1) is 0 Å². The van der Waals surface area contributed by atoms with Crippen LogP contribution in [-0.4, -0.2) is 35.5 Å². The molecule has 0 radical (unpaired) electrons. The fourth-order valence-corrected chi connectivity index (χ4v) is 5.67. The van der Waals surface area contributed by atoms with E-state index in [0.29, 0.717) is 41.6 Å². The van der Waals surface area contributed by atoms with Gasteiger partial charge in [0.1, 0.15) is 16.9 Å². The number of esters is 1. The molecule has 0 fully saturated rings. The molecular weight excluding hydrogens is 524 g/mol. The number of aromatic nitrogens is 3. The summed E-state index contributed by atoms with van der Waals surface area (Å²) in [5.74, 6) is -0.534. The number of carbonyl (C=O) groups excluding carboxylic acids is 1. The predicted octanol–water partition coefficient (Wildman–Crippen LogP) is 6.28. The first-order chi connectivity index (χ1) is 19.4. The van der Waals surface area contributed by atoms with Crippen LogP contribution in [0.15, 0.2) is 83.8 Å². The van der Waals surface area contributed by atoms with Gasteiger partial charge in [0.2, 0.25) is 0 Å². The number of anilines is 1. The van der Waals surface area contributed by atoms with E-state index in [1.807, 2.05) is 61.5 Å². The molecule has 8 nitrogen and oxygen atoms in total. The van der Waals surface area contributed by atoms with E-state index < -0.39 is 16.0 Å². The van der Waals surface area contributed by atoms with Crippen molar-refractivity contribution in [3.63, 3.8) is 0 Å². The van der Waals surface area contributed by atoms with Crippen molar-refractivity contribution in [2.45, 2.75) is 51.0 Å². The molecule has 0 atom stereocenters. The Morgan fingerprint density at radius 2 is 1.57 bits per heavy atom. The second kappa shape index (κ2) is 11.9. The predicted molar refractivity (Wildman–Crippen MR) is 157 cm³/mol. The number of nitrogens with zero attached hydrogens (tertiary/aromatic N) is 3. The van der Waals surface area contributed by atoms with E-state index in [9.17, 15) is 13.2 Å². The van der Waals surface area contributed by atoms with E-state index in [0.717, 1.165) is 24.0 Å². The van der Waals surface area contributed by atoms with Gasteiger partial charge < -0.3 is 9.30 Å². The van der Waals surface area contributed by atoms with Crippen molar-refractivity contribution < 1.29 is 17.9 Å². The van der Waals surface area contributed by atoms with Gasteiger partial charge >= 0.3 is 5.97 Å². The highest BCUT2D eigenvalue weighted by Crippen LogP contribution is 2.33. The molecule has 0 aliphatic carbocycles. The van der Waals surface area contributed by atoms with Crippen LogP contribution >= 0.6 is 0 Å². The van der Waals surface area contributed by atoms with Crippen molar-refractivity contribution in [1.82, 2.24) is 14.5 Å². The van der Waals surface area contributed by atoms with Gasteiger partial charge in [-0.2, -0.15) is 0 Å². The number of rotatable bonds is 11. The summed E-state index contributed by atoms with van der Waals surface area (Å²) >= 11 is 0. The lowest BCUT2D eigenvalue weighted by Gasteiger charge is -2.14. The van der Waals surface area contributed by atoms with Crippen LogP contribution in [0.1, 0.15) is 47.7 Å². The SMILES string of the molecule is CCCCCOC(=O)c1c(NS(=O)(=O)c2ccc(C)cc2)n(CCc2ccccc2)c2nc3ccccc3nc12. The monoisotopic (exact) mass is 556 g/mol. The minimum Gasteiger partial charge on any atom is -0.462 e. The van der Waals surface area contributed by atoms with Crippen molar-refractivity contribution in [2.24, 2.45) is 0 Å². The minimum absolute atomic E-state index is 0.0634. The number of hydrogen-bond acceptors (Lipinski definition) is 6. The summed E-state index contributed by atoms with van der Waals surface area (Å²) < 4.78 is 37.3. The second-order valence-corrected chi connectivity index (χ2v) is 11.4. The summed E-state index contributed by atoms with van der Waals surface area (Å²) in [5.41, 5.74) is 4.02. The van der Waals surface area contributed by atoms with Crippen LogP contribution in [0.4, 0.5) is 5.82 Å². The molecule has 0 spiro atoms. The first-order valence-electron chi connectivity index (χ1n) is 13.5. The fraction of sp³-hybridized carbons (Fsp3) is 0.258. The average Bonchev–Trinajstić information content (AvgIpc) is 3.24. The second-order valence-electron chi connectivity index (χ2n) is 9.76. The molecule has 0 saturated carbocycles. The first-order valence-corrected chi connectivity index (χ1v) is 14.9. The maximum absolute atomic E-state index is 13.6. The van der Waals surface area contributed by atoms with E-state index in [2.05, 4.69) is 11.6 Å². The van der Waals surface area contributed by atoms with Gasteiger partial charge in [0, 0.05) is 6.54 Å². The molecule has 40 heavy (non-hydrogen) atoms. The van der Waals surface area contributed by atoms with Crippen LogP contribution in [-0.2, 0) is 27.7 Å². The Kier molecular flexibility index (Phi) is 8.11. The molecule has 206 valence electrons. The lowest BCUT2D eigenvalue weighted by molar-refractivity contribution is 0.0501. The van der Waals surface area contributed by atoms with Crippen molar-refractivity contribution in [1.29, 1.82) is 0 Å². The van der Waals surface area contributed by atoms with Gasteiger partial charge in [-0.25, -0.2) is 23.2 Å². The van der Waals surface area contributed by atoms with Crippen LogP contribution in [0.3, 0.4) is 0 Å². The van der Waals surface area contributed by atoms with Crippen LogP contribution in [0.25, 0.3) is 22.2 Å². The molecule has 0 unspecified atom stereocenters. The normalized spacial score (nSPS) is 11.7. The van der Waals surface area contributed by atoms with Gasteiger partial charge in [-0.3, -0.25) is 4.72 Å². The Hall–Kier alpha value is -4.24. The van der Waals surface area contributed by atoms with Crippen LogP contribution in [0.5, 0.6) is 0 Å². The van der Waals surface area contributed by atoms with Crippen molar-refractivity contribution in [3.05, 3.63) is 95.6 Å². The molecular formula is C31H32N4O4S. The molecule has 0 aliphatic heterocycles. The number of fused-ring (bicyclic) bond motifs is 2. The zero-order chi connectivity index (χ0) is 28.1. The Morgan fingerprint density at radius 3 is 2.27 bits per heavy atom. The molecule has 5 rings (SSSR count). The summed E-state index contributed by atoms with van der Waals surface area (Å²) in [5, 5.41) is 0. The van der Waals surface area contributed by atoms with Gasteiger partial charge in [-0.05, 0) is 49.6 Å². The lowest BCUT2D eigenvalue weighted by atomic mass is 10.1. The van der Waals surface area contributed by atoms with Crippen LogP contribution in [0, 0.1) is 6.92 Å². The standard InChI is InChI=1S/C31H32N4O4S/c1-3-4-10-21-39-31(36)27-28-30(33-26-14-9-8-13-25(26)32-28)35(20-19-23-11-6-5-7-12-23)29(27)34-40(37,38)24-17-15-22(2)16-18-24/h5-9,11-18,34H,3-4,10,19-21H2,1-2H3. The minimum atomic E-state index is -4.05. The highest BCUT2D eigenvalue weighted by Gasteiger charge is 2.30. The number of sulfonamides is 1. The summed E-state index contributed by atoms with van der Waals surface area (Å²) in [6.45, 7) is 4.55. The number of aryl methyl sites for hydroxylation is 3. The molecule has 0 saturated heterocycles. The smallest absolute Gasteiger partial charge is 0.344 e. The Morgan fingerprint density at radius 1 is 0.900 bits per heavy atom. The molecule has 2 heterocycles. The van der Waals surface area contributed by atoms with Gasteiger partial charge in [-0.1, -0.05) is 79.9 Å². The quantitative estimate of drug-likeness (QED) is 0.152.